The molecule has 5 rings (SSSR count). The standard InChI is InChI=1S/C29H25N3OS/c1-20-16-21(2)27-26(17-20)34-29(31-27)32(19-25-10-6-7-15-30-25)28(33)24-13-11-23(12-14-24)18-22-8-4-3-5-9-22/h3-17H,18-19H2,1-2H3. The van der Waals surface area contributed by atoms with Gasteiger partial charge in [0, 0.05) is 11.8 Å². The number of thiazole rings is 1. The molecule has 4 nitrogen and oxygen atoms in total. The number of aryl methyl sites for hydroxylation is 2. The lowest BCUT2D eigenvalue weighted by Gasteiger charge is -2.20. The van der Waals surface area contributed by atoms with Gasteiger partial charge in [0.25, 0.3) is 5.91 Å². The summed E-state index contributed by atoms with van der Waals surface area (Å²) in [5.41, 5.74) is 7.14. The fourth-order valence-electron chi connectivity index (χ4n) is 4.11. The third-order valence-electron chi connectivity index (χ3n) is 5.79. The highest BCUT2D eigenvalue weighted by molar-refractivity contribution is 7.22. The van der Waals surface area contributed by atoms with Crippen molar-refractivity contribution in [2.45, 2.75) is 26.8 Å². The summed E-state index contributed by atoms with van der Waals surface area (Å²) in [6, 6.07) is 28.2. The van der Waals surface area contributed by atoms with E-state index in [9.17, 15) is 4.79 Å². The average molecular weight is 464 g/mol. The molecule has 0 spiro atoms. The van der Waals surface area contributed by atoms with Crippen LogP contribution in [0, 0.1) is 13.8 Å². The van der Waals surface area contributed by atoms with E-state index in [0.717, 1.165) is 27.9 Å². The number of nitrogens with zero attached hydrogens (tertiary/aromatic N) is 3. The summed E-state index contributed by atoms with van der Waals surface area (Å²) in [6.45, 7) is 4.51. The van der Waals surface area contributed by atoms with E-state index >= 15 is 0 Å². The highest BCUT2D eigenvalue weighted by atomic mass is 32.1. The van der Waals surface area contributed by atoms with Crippen LogP contribution in [-0.2, 0) is 13.0 Å². The molecule has 3 aromatic carbocycles. The van der Waals surface area contributed by atoms with Gasteiger partial charge in [-0.05, 0) is 72.9 Å². The van der Waals surface area contributed by atoms with Crippen molar-refractivity contribution in [1.29, 1.82) is 0 Å². The maximum atomic E-state index is 13.7. The summed E-state index contributed by atoms with van der Waals surface area (Å²) < 4.78 is 1.09. The van der Waals surface area contributed by atoms with E-state index < -0.39 is 0 Å². The van der Waals surface area contributed by atoms with E-state index in [0.29, 0.717) is 17.2 Å². The Hall–Kier alpha value is -3.83. The van der Waals surface area contributed by atoms with Gasteiger partial charge >= 0.3 is 0 Å². The topological polar surface area (TPSA) is 46.1 Å². The molecule has 0 radical (unpaired) electrons. The molecule has 2 heterocycles. The number of rotatable bonds is 6. The molecule has 0 unspecified atom stereocenters. The number of aromatic nitrogens is 2. The van der Waals surface area contributed by atoms with Crippen LogP contribution >= 0.6 is 11.3 Å². The molecule has 0 saturated heterocycles. The van der Waals surface area contributed by atoms with Crippen molar-refractivity contribution in [1.82, 2.24) is 9.97 Å². The van der Waals surface area contributed by atoms with Crippen LogP contribution in [0.5, 0.6) is 0 Å². The molecule has 1 amide bonds. The van der Waals surface area contributed by atoms with Crippen LogP contribution in [0.25, 0.3) is 10.2 Å². The van der Waals surface area contributed by atoms with Crippen molar-refractivity contribution in [3.8, 4) is 0 Å². The second kappa shape index (κ2) is 9.57. The lowest BCUT2D eigenvalue weighted by molar-refractivity contribution is 0.0985. The lowest BCUT2D eigenvalue weighted by atomic mass is 10.0. The first kappa shape index (κ1) is 22.0. The van der Waals surface area contributed by atoms with Gasteiger partial charge < -0.3 is 0 Å². The van der Waals surface area contributed by atoms with Crippen LogP contribution in [0.2, 0.25) is 0 Å². The van der Waals surface area contributed by atoms with Gasteiger partial charge in [0.2, 0.25) is 0 Å². The van der Waals surface area contributed by atoms with Gasteiger partial charge in [-0.2, -0.15) is 0 Å². The molecule has 0 fully saturated rings. The number of anilines is 1. The zero-order valence-electron chi connectivity index (χ0n) is 19.2. The smallest absolute Gasteiger partial charge is 0.260 e. The quantitative estimate of drug-likeness (QED) is 0.280. The molecular weight excluding hydrogens is 438 g/mol. The third kappa shape index (κ3) is 4.75. The number of fused-ring (bicyclic) bond motifs is 1. The molecule has 0 atom stereocenters. The summed E-state index contributed by atoms with van der Waals surface area (Å²) >= 11 is 1.55. The fourth-order valence-corrected chi connectivity index (χ4v) is 5.25. The van der Waals surface area contributed by atoms with Crippen LogP contribution in [0.15, 0.2) is 91.1 Å². The number of hydrogen-bond acceptors (Lipinski definition) is 4. The fraction of sp³-hybridized carbons (Fsp3) is 0.138. The zero-order valence-corrected chi connectivity index (χ0v) is 20.0. The number of pyridine rings is 1. The molecule has 0 aliphatic carbocycles. The predicted octanol–water partition coefficient (Wildman–Crippen LogP) is 6.75. The second-order valence-corrected chi connectivity index (χ2v) is 9.51. The highest BCUT2D eigenvalue weighted by Crippen LogP contribution is 2.33. The SMILES string of the molecule is Cc1cc(C)c2nc(N(Cc3ccccn3)C(=O)c3ccc(Cc4ccccc4)cc3)sc2c1. The molecule has 0 aliphatic heterocycles. The molecular formula is C29H25N3OS. The second-order valence-electron chi connectivity index (χ2n) is 8.50. The average Bonchev–Trinajstić information content (AvgIpc) is 3.28. The van der Waals surface area contributed by atoms with E-state index in [1.807, 2.05) is 60.7 Å². The van der Waals surface area contributed by atoms with Gasteiger partial charge in [-0.25, -0.2) is 4.98 Å². The van der Waals surface area contributed by atoms with Gasteiger partial charge in [0.05, 0.1) is 22.5 Å². The summed E-state index contributed by atoms with van der Waals surface area (Å²) in [5.74, 6) is -0.0784. The van der Waals surface area contributed by atoms with Crippen molar-refractivity contribution in [3.63, 3.8) is 0 Å². The summed E-state index contributed by atoms with van der Waals surface area (Å²) in [7, 11) is 0. The van der Waals surface area contributed by atoms with Crippen molar-refractivity contribution in [2.24, 2.45) is 0 Å². The van der Waals surface area contributed by atoms with Crippen molar-refractivity contribution >= 4 is 32.6 Å². The van der Waals surface area contributed by atoms with Gasteiger partial charge in [-0.15, -0.1) is 0 Å². The van der Waals surface area contributed by atoms with E-state index in [1.54, 1.807) is 22.4 Å². The summed E-state index contributed by atoms with van der Waals surface area (Å²) in [5, 5.41) is 0.688. The van der Waals surface area contributed by atoms with Crippen molar-refractivity contribution < 1.29 is 4.79 Å². The van der Waals surface area contributed by atoms with Crippen molar-refractivity contribution in [2.75, 3.05) is 4.90 Å². The first-order valence-corrected chi connectivity index (χ1v) is 12.1. The van der Waals surface area contributed by atoms with Gasteiger partial charge in [0.15, 0.2) is 5.13 Å². The van der Waals surface area contributed by atoms with Crippen LogP contribution in [0.4, 0.5) is 5.13 Å². The Morgan fingerprint density at radius 3 is 2.35 bits per heavy atom. The van der Waals surface area contributed by atoms with E-state index in [2.05, 4.69) is 43.1 Å². The number of carbonyl (C=O) groups is 1. The lowest BCUT2D eigenvalue weighted by Crippen LogP contribution is -2.30. The Kier molecular flexibility index (Phi) is 6.19. The van der Waals surface area contributed by atoms with Crippen molar-refractivity contribution in [3.05, 3.63) is 125 Å². The molecule has 168 valence electrons. The normalized spacial score (nSPS) is 11.0. The van der Waals surface area contributed by atoms with Crippen LogP contribution in [0.3, 0.4) is 0 Å². The third-order valence-corrected chi connectivity index (χ3v) is 6.82. The highest BCUT2D eigenvalue weighted by Gasteiger charge is 2.23. The Labute approximate surface area is 203 Å². The molecule has 5 aromatic rings. The molecule has 5 heteroatoms. The number of benzene rings is 3. The van der Waals surface area contributed by atoms with Crippen LogP contribution in [-0.4, -0.2) is 15.9 Å². The molecule has 0 saturated carbocycles. The number of amides is 1. The Morgan fingerprint density at radius 1 is 0.882 bits per heavy atom. The van der Waals surface area contributed by atoms with Gasteiger partial charge in [-0.1, -0.05) is 65.9 Å². The van der Waals surface area contributed by atoms with E-state index in [-0.39, 0.29) is 5.91 Å². The maximum absolute atomic E-state index is 13.7. The zero-order chi connectivity index (χ0) is 23.5. The van der Waals surface area contributed by atoms with Crippen LogP contribution < -0.4 is 4.90 Å². The summed E-state index contributed by atoms with van der Waals surface area (Å²) in [6.07, 6.45) is 2.59. The maximum Gasteiger partial charge on any atom is 0.260 e. The molecule has 0 bridgehead atoms. The van der Waals surface area contributed by atoms with E-state index in [4.69, 9.17) is 4.98 Å². The van der Waals surface area contributed by atoms with Gasteiger partial charge in [-0.3, -0.25) is 14.7 Å². The minimum Gasteiger partial charge on any atom is -0.278 e. The number of carbonyl (C=O) groups excluding carboxylic acids is 1. The minimum absolute atomic E-state index is 0.0784. The Bertz CT molecular complexity index is 1430. The summed E-state index contributed by atoms with van der Waals surface area (Å²) in [4.78, 5) is 24.8. The molecule has 34 heavy (non-hydrogen) atoms. The number of hydrogen-bond donors (Lipinski definition) is 0. The Morgan fingerprint density at radius 2 is 1.62 bits per heavy atom. The van der Waals surface area contributed by atoms with E-state index in [1.165, 1.54) is 16.7 Å². The Balaban J connectivity index is 1.47. The van der Waals surface area contributed by atoms with Crippen LogP contribution in [0.1, 0.15) is 38.3 Å². The molecule has 0 N–H and O–H groups in total. The first-order valence-electron chi connectivity index (χ1n) is 11.3. The largest absolute Gasteiger partial charge is 0.278 e. The monoisotopic (exact) mass is 463 g/mol. The molecule has 2 aromatic heterocycles. The predicted molar refractivity (Wildman–Crippen MR) is 140 cm³/mol. The molecule has 0 aliphatic rings. The minimum atomic E-state index is -0.0784. The van der Waals surface area contributed by atoms with Gasteiger partial charge in [0.1, 0.15) is 0 Å². The first-order chi connectivity index (χ1) is 16.6.